The van der Waals surface area contributed by atoms with E-state index in [2.05, 4.69) is 4.98 Å². The molecule has 144 valence electrons. The highest BCUT2D eigenvalue weighted by atomic mass is 35.5. The summed E-state index contributed by atoms with van der Waals surface area (Å²) in [6.07, 6.45) is -5.07. The smallest absolute Gasteiger partial charge is 0.235 e. The minimum Gasteiger partial charge on any atom is -0.235 e. The number of nitrogens with zero attached hydrogens (tertiary/aromatic N) is 2. The van der Waals surface area contributed by atoms with Gasteiger partial charge in [0.1, 0.15) is 11.2 Å². The second-order valence-electron chi connectivity index (χ2n) is 5.27. The van der Waals surface area contributed by atoms with Gasteiger partial charge in [0, 0.05) is 5.56 Å². The largest absolute Gasteiger partial charge is 0.382 e. The quantitative estimate of drug-likeness (QED) is 0.451. The molecule has 1 heterocycles. The molecule has 0 saturated carbocycles. The molecular weight excluding hydrogens is 408 g/mol. The van der Waals surface area contributed by atoms with Crippen LogP contribution in [0.3, 0.4) is 0 Å². The van der Waals surface area contributed by atoms with Crippen LogP contribution in [0.1, 0.15) is 11.1 Å². The van der Waals surface area contributed by atoms with Gasteiger partial charge in [-0.25, -0.2) is 13.8 Å². The van der Waals surface area contributed by atoms with E-state index in [1.165, 1.54) is 30.3 Å². The van der Waals surface area contributed by atoms with Crippen LogP contribution in [0.4, 0.5) is 35.1 Å². The van der Waals surface area contributed by atoms with Gasteiger partial charge in [0.25, 0.3) is 0 Å². The molecule has 0 unspecified atom stereocenters. The van der Waals surface area contributed by atoms with Gasteiger partial charge in [-0.1, -0.05) is 41.9 Å². The minimum absolute atomic E-state index is 0.0878. The van der Waals surface area contributed by atoms with Crippen LogP contribution in [0, 0.1) is 11.3 Å². The third-order valence-corrected chi connectivity index (χ3v) is 3.86. The Labute approximate surface area is 152 Å². The maximum Gasteiger partial charge on any atom is 0.382 e. The average Bonchev–Trinajstić information content (AvgIpc) is 2.61. The van der Waals surface area contributed by atoms with Gasteiger partial charge in [-0.3, -0.25) is 0 Å². The Kier molecular flexibility index (Phi) is 5.39. The monoisotopic (exact) mass is 414 g/mol. The van der Waals surface area contributed by atoms with Crippen molar-refractivity contribution in [2.45, 2.75) is 24.2 Å². The molecule has 1 aromatic carbocycles. The number of pyridine rings is 1. The zero-order valence-corrected chi connectivity index (χ0v) is 13.6. The van der Waals surface area contributed by atoms with Gasteiger partial charge in [0.2, 0.25) is 0 Å². The zero-order valence-electron chi connectivity index (χ0n) is 12.8. The second kappa shape index (κ2) is 6.96. The number of hydrogen-bond acceptors (Lipinski definition) is 2. The van der Waals surface area contributed by atoms with Crippen molar-refractivity contribution in [2.24, 2.45) is 0 Å². The van der Waals surface area contributed by atoms with E-state index in [1.807, 2.05) is 0 Å². The van der Waals surface area contributed by atoms with Crippen LogP contribution in [0.2, 0.25) is 5.15 Å². The predicted molar refractivity (Wildman–Crippen MR) is 79.2 cm³/mol. The first kappa shape index (κ1) is 20.9. The number of hydrogen-bond donors (Lipinski definition) is 0. The highest BCUT2D eigenvalue weighted by Gasteiger charge is 2.76. The summed E-state index contributed by atoms with van der Waals surface area (Å²) in [6.45, 7) is 0. The van der Waals surface area contributed by atoms with Crippen molar-refractivity contribution in [1.29, 1.82) is 5.26 Å². The lowest BCUT2D eigenvalue weighted by molar-refractivity contribution is -0.343. The van der Waals surface area contributed by atoms with Crippen LogP contribution in [0.5, 0.6) is 0 Å². The van der Waals surface area contributed by atoms with Crippen molar-refractivity contribution in [2.75, 3.05) is 0 Å². The van der Waals surface area contributed by atoms with Crippen LogP contribution in [0.25, 0.3) is 11.3 Å². The number of alkyl halides is 8. The number of aromatic nitrogens is 1. The molecule has 0 saturated heterocycles. The number of halogens is 9. The molecule has 0 fully saturated rings. The van der Waals surface area contributed by atoms with Gasteiger partial charge in [-0.05, 0) is 6.07 Å². The lowest BCUT2D eigenvalue weighted by Gasteiger charge is -2.33. The van der Waals surface area contributed by atoms with Crippen LogP contribution in [0.15, 0.2) is 36.4 Å². The Morgan fingerprint density at radius 2 is 1.56 bits per heavy atom. The first-order chi connectivity index (χ1) is 12.4. The molecule has 2 aromatic rings. The molecule has 0 bridgehead atoms. The summed E-state index contributed by atoms with van der Waals surface area (Å²) >= 11 is 5.57. The normalized spacial score (nSPS) is 12.9. The SMILES string of the molecule is N#Cc1c(C(F)(F)C(F)(F)C(F)(F)C(F)F)cc(-c2ccccc2)nc1Cl. The summed E-state index contributed by atoms with van der Waals surface area (Å²) in [6, 6.07) is 8.33. The van der Waals surface area contributed by atoms with E-state index in [0.29, 0.717) is 0 Å². The molecule has 2 rings (SSSR count). The Morgan fingerprint density at radius 1 is 1.00 bits per heavy atom. The average molecular weight is 415 g/mol. The van der Waals surface area contributed by atoms with Crippen LogP contribution in [-0.4, -0.2) is 23.3 Å². The molecule has 0 aliphatic carbocycles. The molecule has 11 heteroatoms. The topological polar surface area (TPSA) is 36.7 Å². The number of benzene rings is 1. The molecule has 27 heavy (non-hydrogen) atoms. The maximum atomic E-state index is 14.3. The molecule has 0 N–H and O–H groups in total. The standard InChI is InChI=1S/C16H7ClF8N2/c17-12-9(7-26)10(6-11(27-12)8-4-2-1-3-5-8)14(20,21)16(24,25)15(22,23)13(18)19/h1-6,13H. The van der Waals surface area contributed by atoms with Gasteiger partial charge < -0.3 is 0 Å². The summed E-state index contributed by atoms with van der Waals surface area (Å²) < 4.78 is 107. The summed E-state index contributed by atoms with van der Waals surface area (Å²) in [5.41, 5.74) is -3.62. The van der Waals surface area contributed by atoms with E-state index < -0.39 is 46.2 Å². The number of nitriles is 1. The van der Waals surface area contributed by atoms with E-state index in [0.717, 1.165) is 6.07 Å². The van der Waals surface area contributed by atoms with Crippen molar-refractivity contribution in [3.63, 3.8) is 0 Å². The van der Waals surface area contributed by atoms with Crippen molar-refractivity contribution < 1.29 is 35.1 Å². The van der Waals surface area contributed by atoms with E-state index in [1.54, 1.807) is 0 Å². The predicted octanol–water partition coefficient (Wildman–Crippen LogP) is 5.90. The van der Waals surface area contributed by atoms with Crippen LogP contribution in [-0.2, 0) is 5.92 Å². The third kappa shape index (κ3) is 3.32. The fourth-order valence-electron chi connectivity index (χ4n) is 2.14. The second-order valence-corrected chi connectivity index (χ2v) is 5.63. The van der Waals surface area contributed by atoms with Gasteiger partial charge >= 0.3 is 24.2 Å². The summed E-state index contributed by atoms with van der Waals surface area (Å²) in [4.78, 5) is 3.60. The fourth-order valence-corrected chi connectivity index (χ4v) is 2.38. The van der Waals surface area contributed by atoms with Gasteiger partial charge in [0.05, 0.1) is 16.8 Å². The highest BCUT2D eigenvalue weighted by Crippen LogP contribution is 2.54. The molecule has 0 aliphatic rings. The highest BCUT2D eigenvalue weighted by molar-refractivity contribution is 6.30. The molecule has 0 amide bonds. The molecule has 0 spiro atoms. The molecule has 0 aliphatic heterocycles. The Morgan fingerprint density at radius 3 is 2.04 bits per heavy atom. The van der Waals surface area contributed by atoms with Crippen LogP contribution >= 0.6 is 11.6 Å². The first-order valence-electron chi connectivity index (χ1n) is 6.96. The minimum atomic E-state index is -6.52. The van der Waals surface area contributed by atoms with Crippen molar-refractivity contribution in [1.82, 2.24) is 4.98 Å². The Bertz CT molecular complexity index is 878. The molecule has 2 nitrogen and oxygen atoms in total. The lowest BCUT2D eigenvalue weighted by Crippen LogP contribution is -2.56. The Balaban J connectivity index is 2.76. The van der Waals surface area contributed by atoms with Gasteiger partial charge in [0.15, 0.2) is 0 Å². The third-order valence-electron chi connectivity index (χ3n) is 3.58. The van der Waals surface area contributed by atoms with E-state index in [-0.39, 0.29) is 11.6 Å². The number of rotatable bonds is 5. The van der Waals surface area contributed by atoms with Crippen molar-refractivity contribution in [3.05, 3.63) is 52.7 Å². The zero-order chi connectivity index (χ0) is 20.6. The lowest BCUT2D eigenvalue weighted by atomic mass is 9.93. The fraction of sp³-hybridized carbons (Fsp3) is 0.250. The molecular formula is C16H7ClF8N2. The van der Waals surface area contributed by atoms with Crippen LogP contribution < -0.4 is 0 Å². The molecule has 0 radical (unpaired) electrons. The van der Waals surface area contributed by atoms with Gasteiger partial charge in [-0.2, -0.15) is 31.6 Å². The van der Waals surface area contributed by atoms with Crippen molar-refractivity contribution in [3.8, 4) is 17.3 Å². The summed E-state index contributed by atoms with van der Waals surface area (Å²) in [5, 5.41) is 7.95. The first-order valence-corrected chi connectivity index (χ1v) is 7.33. The molecule has 1 aromatic heterocycles. The van der Waals surface area contributed by atoms with Crippen molar-refractivity contribution >= 4 is 11.6 Å². The summed E-state index contributed by atoms with van der Waals surface area (Å²) in [7, 11) is 0. The van der Waals surface area contributed by atoms with E-state index in [9.17, 15) is 35.1 Å². The Hall–Kier alpha value is -2.41. The van der Waals surface area contributed by atoms with Gasteiger partial charge in [-0.15, -0.1) is 0 Å². The molecule has 0 atom stereocenters. The van der Waals surface area contributed by atoms with E-state index >= 15 is 0 Å². The van der Waals surface area contributed by atoms with E-state index in [4.69, 9.17) is 16.9 Å². The summed E-state index contributed by atoms with van der Waals surface area (Å²) in [5.74, 6) is -18.7. The maximum absolute atomic E-state index is 14.3.